The van der Waals surface area contributed by atoms with Crippen LogP contribution >= 0.6 is 24.0 Å². The minimum absolute atomic E-state index is 0. The van der Waals surface area contributed by atoms with Gasteiger partial charge in [0.25, 0.3) is 0 Å². The molecular weight excluding hydrogens is 405 g/mol. The van der Waals surface area contributed by atoms with Crippen molar-refractivity contribution in [2.24, 2.45) is 4.99 Å². The molecule has 0 aliphatic carbocycles. The molecule has 5 nitrogen and oxygen atoms in total. The predicted molar refractivity (Wildman–Crippen MR) is 103 cm³/mol. The minimum Gasteiger partial charge on any atom is -0.467 e. The predicted octanol–water partition coefficient (Wildman–Crippen LogP) is 3.17. The van der Waals surface area contributed by atoms with Crippen LogP contribution in [0.4, 0.5) is 0 Å². The number of hydrogen-bond acceptors (Lipinski definition) is 3. The normalized spacial score (nSPS) is 10.9. The van der Waals surface area contributed by atoms with Gasteiger partial charge in [-0.25, -0.2) is 0 Å². The third kappa shape index (κ3) is 8.03. The van der Waals surface area contributed by atoms with Crippen molar-refractivity contribution in [2.75, 3.05) is 20.2 Å². The van der Waals surface area contributed by atoms with Crippen molar-refractivity contribution < 1.29 is 9.15 Å². The molecule has 6 heteroatoms. The Kier molecular flexibility index (Phi) is 10.1. The summed E-state index contributed by atoms with van der Waals surface area (Å²) in [4.78, 5) is 4.20. The number of hydrogen-bond donors (Lipinski definition) is 2. The summed E-state index contributed by atoms with van der Waals surface area (Å²) in [6, 6.07) is 14.0. The molecule has 0 saturated heterocycles. The molecule has 0 aliphatic heterocycles. The van der Waals surface area contributed by atoms with Gasteiger partial charge >= 0.3 is 0 Å². The van der Waals surface area contributed by atoms with Crippen LogP contribution in [0, 0.1) is 0 Å². The van der Waals surface area contributed by atoms with Gasteiger partial charge in [-0.15, -0.1) is 24.0 Å². The second kappa shape index (κ2) is 12.0. The van der Waals surface area contributed by atoms with Gasteiger partial charge in [-0.1, -0.05) is 30.3 Å². The fraction of sp³-hybridized carbons (Fsp3) is 0.353. The number of halogens is 1. The Morgan fingerprint density at radius 2 is 1.96 bits per heavy atom. The number of nitrogens with zero attached hydrogens (tertiary/aromatic N) is 1. The quantitative estimate of drug-likeness (QED) is 0.293. The first-order chi connectivity index (χ1) is 10.9. The van der Waals surface area contributed by atoms with Crippen LogP contribution in [0.25, 0.3) is 0 Å². The summed E-state index contributed by atoms with van der Waals surface area (Å²) < 4.78 is 10.7. The van der Waals surface area contributed by atoms with E-state index >= 15 is 0 Å². The lowest BCUT2D eigenvalue weighted by Crippen LogP contribution is -2.37. The van der Waals surface area contributed by atoms with Gasteiger partial charge in [0, 0.05) is 26.7 Å². The van der Waals surface area contributed by atoms with Gasteiger partial charge in [-0.3, -0.25) is 4.99 Å². The molecule has 0 fully saturated rings. The largest absolute Gasteiger partial charge is 0.467 e. The molecule has 0 amide bonds. The van der Waals surface area contributed by atoms with E-state index in [0.717, 1.165) is 31.2 Å². The van der Waals surface area contributed by atoms with Crippen molar-refractivity contribution >= 4 is 29.9 Å². The smallest absolute Gasteiger partial charge is 0.191 e. The average Bonchev–Trinajstić information content (AvgIpc) is 3.08. The fourth-order valence-corrected chi connectivity index (χ4v) is 1.95. The number of benzene rings is 1. The molecule has 0 atom stereocenters. The van der Waals surface area contributed by atoms with Crippen LogP contribution in [0.1, 0.15) is 17.7 Å². The van der Waals surface area contributed by atoms with E-state index < -0.39 is 0 Å². The lowest BCUT2D eigenvalue weighted by atomic mass is 10.2. The zero-order valence-electron chi connectivity index (χ0n) is 13.3. The highest BCUT2D eigenvalue weighted by molar-refractivity contribution is 14.0. The second-order valence-corrected chi connectivity index (χ2v) is 4.82. The molecule has 0 spiro atoms. The molecular formula is C17H24IN3O2. The molecule has 2 N–H and O–H groups in total. The molecule has 0 radical (unpaired) electrons. The molecule has 0 unspecified atom stereocenters. The molecule has 0 saturated carbocycles. The van der Waals surface area contributed by atoms with Crippen LogP contribution in [-0.4, -0.2) is 26.2 Å². The molecule has 1 aromatic carbocycles. The van der Waals surface area contributed by atoms with Crippen molar-refractivity contribution in [3.63, 3.8) is 0 Å². The van der Waals surface area contributed by atoms with E-state index in [0.29, 0.717) is 13.2 Å². The van der Waals surface area contributed by atoms with E-state index in [1.165, 1.54) is 5.56 Å². The van der Waals surface area contributed by atoms with E-state index in [1.54, 1.807) is 13.3 Å². The van der Waals surface area contributed by atoms with Gasteiger partial charge in [-0.2, -0.15) is 0 Å². The minimum atomic E-state index is 0. The third-order valence-corrected chi connectivity index (χ3v) is 3.11. The highest BCUT2D eigenvalue weighted by atomic mass is 127. The van der Waals surface area contributed by atoms with Gasteiger partial charge in [0.05, 0.1) is 6.26 Å². The van der Waals surface area contributed by atoms with E-state index in [9.17, 15) is 0 Å². The van der Waals surface area contributed by atoms with E-state index in [4.69, 9.17) is 9.15 Å². The Labute approximate surface area is 154 Å². The standard InChI is InChI=1S/C17H23N3O2.HI/c1-18-17(20-13-15-7-3-2-4-8-15)19-10-6-11-21-14-16-9-5-12-22-16;/h2-5,7-9,12H,6,10-11,13-14H2,1H3,(H2,18,19,20);1H. The van der Waals surface area contributed by atoms with Crippen LogP contribution < -0.4 is 10.6 Å². The van der Waals surface area contributed by atoms with Crippen molar-refractivity contribution in [3.05, 3.63) is 60.1 Å². The van der Waals surface area contributed by atoms with Crippen molar-refractivity contribution in [3.8, 4) is 0 Å². The topological polar surface area (TPSA) is 58.8 Å². The molecule has 1 aromatic heterocycles. The lowest BCUT2D eigenvalue weighted by Gasteiger charge is -2.11. The second-order valence-electron chi connectivity index (χ2n) is 4.82. The maximum atomic E-state index is 5.53. The van der Waals surface area contributed by atoms with Gasteiger partial charge in [0.1, 0.15) is 12.4 Å². The number of aliphatic imine (C=N–C) groups is 1. The summed E-state index contributed by atoms with van der Waals surface area (Å²) >= 11 is 0. The first kappa shape index (κ1) is 19.5. The Morgan fingerprint density at radius 3 is 2.65 bits per heavy atom. The van der Waals surface area contributed by atoms with Crippen LogP contribution in [0.5, 0.6) is 0 Å². The average molecular weight is 429 g/mol. The van der Waals surface area contributed by atoms with Crippen LogP contribution in [0.15, 0.2) is 58.1 Å². The van der Waals surface area contributed by atoms with E-state index in [1.807, 2.05) is 30.3 Å². The Balaban J connectivity index is 0.00000264. The maximum absolute atomic E-state index is 5.53. The van der Waals surface area contributed by atoms with E-state index in [-0.39, 0.29) is 24.0 Å². The summed E-state index contributed by atoms with van der Waals surface area (Å²) in [6.07, 6.45) is 2.56. The van der Waals surface area contributed by atoms with Gasteiger partial charge in [-0.05, 0) is 24.1 Å². The van der Waals surface area contributed by atoms with Crippen LogP contribution in [0.3, 0.4) is 0 Å². The highest BCUT2D eigenvalue weighted by Gasteiger charge is 1.98. The monoisotopic (exact) mass is 429 g/mol. The molecule has 23 heavy (non-hydrogen) atoms. The summed E-state index contributed by atoms with van der Waals surface area (Å²) in [7, 11) is 1.77. The summed E-state index contributed by atoms with van der Waals surface area (Å²) in [5.41, 5.74) is 1.23. The SMILES string of the molecule is CN=C(NCCCOCc1ccco1)NCc1ccccc1.I. The zero-order valence-corrected chi connectivity index (χ0v) is 15.7. The molecule has 1 heterocycles. The molecule has 126 valence electrons. The third-order valence-electron chi connectivity index (χ3n) is 3.11. The van der Waals surface area contributed by atoms with Crippen molar-refractivity contribution in [1.29, 1.82) is 0 Å². The number of rotatable bonds is 8. The first-order valence-corrected chi connectivity index (χ1v) is 7.47. The van der Waals surface area contributed by atoms with Crippen LogP contribution in [-0.2, 0) is 17.9 Å². The molecule has 0 aliphatic rings. The van der Waals surface area contributed by atoms with Gasteiger partial charge in [0.2, 0.25) is 0 Å². The number of nitrogens with one attached hydrogen (secondary N) is 2. The van der Waals surface area contributed by atoms with Crippen molar-refractivity contribution in [2.45, 2.75) is 19.6 Å². The Hall–Kier alpha value is -1.54. The fourth-order valence-electron chi connectivity index (χ4n) is 1.95. The highest BCUT2D eigenvalue weighted by Crippen LogP contribution is 2.01. The number of ether oxygens (including phenoxy) is 1. The van der Waals surface area contributed by atoms with Crippen molar-refractivity contribution in [1.82, 2.24) is 10.6 Å². The Morgan fingerprint density at radius 1 is 1.13 bits per heavy atom. The van der Waals surface area contributed by atoms with Gasteiger partial charge in [0.15, 0.2) is 5.96 Å². The molecule has 0 bridgehead atoms. The van der Waals surface area contributed by atoms with Crippen LogP contribution in [0.2, 0.25) is 0 Å². The van der Waals surface area contributed by atoms with E-state index in [2.05, 4.69) is 27.8 Å². The van der Waals surface area contributed by atoms with Gasteiger partial charge < -0.3 is 19.8 Å². The Bertz CT molecular complexity index is 544. The summed E-state index contributed by atoms with van der Waals surface area (Å²) in [5, 5.41) is 6.55. The summed E-state index contributed by atoms with van der Waals surface area (Å²) in [6.45, 7) is 2.78. The summed E-state index contributed by atoms with van der Waals surface area (Å²) in [5.74, 6) is 1.66. The first-order valence-electron chi connectivity index (χ1n) is 7.47. The number of guanidine groups is 1. The number of furan rings is 1. The maximum Gasteiger partial charge on any atom is 0.191 e. The molecule has 2 rings (SSSR count). The molecule has 2 aromatic rings. The zero-order chi connectivity index (χ0) is 15.5. The lowest BCUT2D eigenvalue weighted by molar-refractivity contribution is 0.105.